The molecule has 1 aliphatic rings. The van der Waals surface area contributed by atoms with Crippen LogP contribution in [0.1, 0.15) is 29.2 Å². The molecule has 0 aliphatic heterocycles. The average molecular weight is 269 g/mol. The molecule has 1 aliphatic carbocycles. The third kappa shape index (κ3) is 2.64. The molecule has 0 radical (unpaired) electrons. The summed E-state index contributed by atoms with van der Waals surface area (Å²) in [5, 5.41) is 3.67. The zero-order valence-electron chi connectivity index (χ0n) is 11.4. The number of thioether (sulfide) groups is 1. The van der Waals surface area contributed by atoms with Gasteiger partial charge in [0.2, 0.25) is 0 Å². The summed E-state index contributed by atoms with van der Waals surface area (Å²) in [7, 11) is 0. The molecule has 2 aromatic rings. The van der Waals surface area contributed by atoms with Crippen molar-refractivity contribution < 1.29 is 0 Å². The summed E-state index contributed by atoms with van der Waals surface area (Å²) in [4.78, 5) is 1.31. The first-order valence-corrected chi connectivity index (χ1v) is 7.99. The monoisotopic (exact) mass is 269 g/mol. The van der Waals surface area contributed by atoms with Crippen molar-refractivity contribution in [1.82, 2.24) is 0 Å². The number of fused-ring (bicyclic) bond motifs is 1. The number of hydrogen-bond donors (Lipinski definition) is 1. The normalized spacial score (nSPS) is 17.3. The van der Waals surface area contributed by atoms with Gasteiger partial charge >= 0.3 is 0 Å². The van der Waals surface area contributed by atoms with E-state index in [9.17, 15) is 0 Å². The van der Waals surface area contributed by atoms with Gasteiger partial charge in [-0.1, -0.05) is 23.8 Å². The fraction of sp³-hybridized carbons (Fsp3) is 0.294. The van der Waals surface area contributed by atoms with Gasteiger partial charge in [0, 0.05) is 10.6 Å². The van der Waals surface area contributed by atoms with Gasteiger partial charge in [0.15, 0.2) is 0 Å². The zero-order valence-corrected chi connectivity index (χ0v) is 12.3. The predicted molar refractivity (Wildman–Crippen MR) is 84.1 cm³/mol. The van der Waals surface area contributed by atoms with Gasteiger partial charge in [-0.25, -0.2) is 0 Å². The van der Waals surface area contributed by atoms with Crippen molar-refractivity contribution in [3.63, 3.8) is 0 Å². The Kier molecular flexibility index (Phi) is 3.52. The number of nitrogens with one attached hydrogen (secondary N) is 1. The average Bonchev–Trinajstić information content (AvgIpc) is 2.82. The van der Waals surface area contributed by atoms with Crippen LogP contribution in [-0.2, 0) is 6.42 Å². The Morgan fingerprint density at radius 1 is 1.11 bits per heavy atom. The van der Waals surface area contributed by atoms with E-state index in [1.54, 1.807) is 11.8 Å². The summed E-state index contributed by atoms with van der Waals surface area (Å²) in [6.45, 7) is 2.17. The first-order chi connectivity index (χ1) is 9.26. The molecule has 2 heteroatoms. The molecule has 1 unspecified atom stereocenters. The second-order valence-electron chi connectivity index (χ2n) is 5.17. The van der Waals surface area contributed by atoms with Crippen LogP contribution in [0, 0.1) is 6.92 Å². The Labute approximate surface area is 119 Å². The van der Waals surface area contributed by atoms with E-state index in [4.69, 9.17) is 0 Å². The Hall–Kier alpha value is -1.41. The molecule has 2 aromatic carbocycles. The maximum absolute atomic E-state index is 3.67. The molecule has 1 N–H and O–H groups in total. The standard InChI is InChI=1S/C17H19NS/c1-12-3-4-13-5-10-17(16(13)11-12)18-14-6-8-15(19-2)9-7-14/h3-4,6-9,11,17-18H,5,10H2,1-2H3. The van der Waals surface area contributed by atoms with E-state index in [2.05, 4.69) is 61.0 Å². The lowest BCUT2D eigenvalue weighted by molar-refractivity contribution is 0.761. The van der Waals surface area contributed by atoms with Crippen LogP contribution in [0.4, 0.5) is 5.69 Å². The van der Waals surface area contributed by atoms with E-state index in [1.807, 2.05) is 0 Å². The number of hydrogen-bond acceptors (Lipinski definition) is 2. The van der Waals surface area contributed by atoms with Crippen LogP contribution in [0.25, 0.3) is 0 Å². The van der Waals surface area contributed by atoms with Crippen LogP contribution >= 0.6 is 11.8 Å². The summed E-state index contributed by atoms with van der Waals surface area (Å²) in [5.41, 5.74) is 5.56. The first kappa shape index (κ1) is 12.6. The molecule has 0 saturated heterocycles. The lowest BCUT2D eigenvalue weighted by Gasteiger charge is -2.16. The maximum Gasteiger partial charge on any atom is 0.0519 e. The van der Waals surface area contributed by atoms with Crippen molar-refractivity contribution in [2.45, 2.75) is 30.7 Å². The fourth-order valence-electron chi connectivity index (χ4n) is 2.76. The molecule has 19 heavy (non-hydrogen) atoms. The molecule has 3 rings (SSSR count). The maximum atomic E-state index is 3.67. The predicted octanol–water partition coefficient (Wildman–Crippen LogP) is 4.82. The van der Waals surface area contributed by atoms with Crippen LogP contribution in [-0.4, -0.2) is 6.26 Å². The number of aryl methyl sites for hydroxylation is 2. The van der Waals surface area contributed by atoms with Crippen molar-refractivity contribution in [1.29, 1.82) is 0 Å². The third-order valence-electron chi connectivity index (χ3n) is 3.81. The highest BCUT2D eigenvalue weighted by Crippen LogP contribution is 2.34. The van der Waals surface area contributed by atoms with Gasteiger partial charge in [0.1, 0.15) is 0 Å². The van der Waals surface area contributed by atoms with Crippen molar-refractivity contribution in [3.05, 3.63) is 59.2 Å². The number of rotatable bonds is 3. The molecule has 0 heterocycles. The minimum atomic E-state index is 0.468. The van der Waals surface area contributed by atoms with E-state index in [1.165, 1.54) is 40.1 Å². The topological polar surface area (TPSA) is 12.0 Å². The smallest absolute Gasteiger partial charge is 0.0519 e. The van der Waals surface area contributed by atoms with Crippen LogP contribution in [0.15, 0.2) is 47.4 Å². The molecule has 0 fully saturated rings. The molecule has 0 saturated carbocycles. The lowest BCUT2D eigenvalue weighted by Crippen LogP contribution is -2.07. The molecule has 0 aromatic heterocycles. The Bertz CT molecular complexity index is 574. The van der Waals surface area contributed by atoms with E-state index >= 15 is 0 Å². The van der Waals surface area contributed by atoms with Gasteiger partial charge in [0.05, 0.1) is 6.04 Å². The van der Waals surface area contributed by atoms with Gasteiger partial charge in [-0.15, -0.1) is 11.8 Å². The molecular formula is C17H19NS. The minimum absolute atomic E-state index is 0.468. The van der Waals surface area contributed by atoms with Gasteiger partial charge < -0.3 is 5.32 Å². The molecular weight excluding hydrogens is 250 g/mol. The zero-order chi connectivity index (χ0) is 13.2. The Morgan fingerprint density at radius 3 is 2.63 bits per heavy atom. The van der Waals surface area contributed by atoms with E-state index < -0.39 is 0 Å². The van der Waals surface area contributed by atoms with Crippen molar-refractivity contribution in [2.75, 3.05) is 11.6 Å². The fourth-order valence-corrected chi connectivity index (χ4v) is 3.17. The third-order valence-corrected chi connectivity index (χ3v) is 4.55. The number of benzene rings is 2. The second-order valence-corrected chi connectivity index (χ2v) is 6.05. The van der Waals surface area contributed by atoms with E-state index in [0.717, 1.165) is 0 Å². The Balaban J connectivity index is 1.80. The highest BCUT2D eigenvalue weighted by molar-refractivity contribution is 7.98. The van der Waals surface area contributed by atoms with Crippen LogP contribution in [0.3, 0.4) is 0 Å². The van der Waals surface area contributed by atoms with Gasteiger partial charge in [-0.05, 0) is 61.4 Å². The Morgan fingerprint density at radius 2 is 1.89 bits per heavy atom. The van der Waals surface area contributed by atoms with Crippen molar-refractivity contribution in [2.24, 2.45) is 0 Å². The SMILES string of the molecule is CSc1ccc(NC2CCc3ccc(C)cc32)cc1. The second kappa shape index (κ2) is 5.30. The summed E-state index contributed by atoms with van der Waals surface area (Å²) in [6, 6.07) is 16.0. The molecule has 0 spiro atoms. The molecule has 1 nitrogen and oxygen atoms in total. The molecule has 98 valence electrons. The van der Waals surface area contributed by atoms with Crippen LogP contribution in [0.2, 0.25) is 0 Å². The lowest BCUT2D eigenvalue weighted by atomic mass is 10.0. The minimum Gasteiger partial charge on any atom is -0.378 e. The van der Waals surface area contributed by atoms with Crippen molar-refractivity contribution in [3.8, 4) is 0 Å². The first-order valence-electron chi connectivity index (χ1n) is 6.76. The molecule has 0 amide bonds. The van der Waals surface area contributed by atoms with E-state index in [0.29, 0.717) is 6.04 Å². The quantitative estimate of drug-likeness (QED) is 0.802. The van der Waals surface area contributed by atoms with Crippen molar-refractivity contribution >= 4 is 17.4 Å². The van der Waals surface area contributed by atoms with E-state index in [-0.39, 0.29) is 0 Å². The largest absolute Gasteiger partial charge is 0.378 e. The van der Waals surface area contributed by atoms with Gasteiger partial charge in [-0.3, -0.25) is 0 Å². The van der Waals surface area contributed by atoms with Crippen LogP contribution < -0.4 is 5.32 Å². The van der Waals surface area contributed by atoms with Gasteiger partial charge in [0.25, 0.3) is 0 Å². The summed E-state index contributed by atoms with van der Waals surface area (Å²) in [6.07, 6.45) is 4.50. The molecule has 1 atom stereocenters. The number of anilines is 1. The molecule has 0 bridgehead atoms. The van der Waals surface area contributed by atoms with Crippen LogP contribution in [0.5, 0.6) is 0 Å². The highest BCUT2D eigenvalue weighted by Gasteiger charge is 2.21. The summed E-state index contributed by atoms with van der Waals surface area (Å²) < 4.78 is 0. The summed E-state index contributed by atoms with van der Waals surface area (Å²) in [5.74, 6) is 0. The summed E-state index contributed by atoms with van der Waals surface area (Å²) >= 11 is 1.78. The highest BCUT2D eigenvalue weighted by atomic mass is 32.2. The van der Waals surface area contributed by atoms with Gasteiger partial charge in [-0.2, -0.15) is 0 Å².